The summed E-state index contributed by atoms with van der Waals surface area (Å²) in [5.74, 6) is 0.645. The minimum Gasteiger partial charge on any atom is -0.358 e. The van der Waals surface area contributed by atoms with Crippen molar-refractivity contribution in [3.63, 3.8) is 0 Å². The van der Waals surface area contributed by atoms with Crippen molar-refractivity contribution < 1.29 is 9.59 Å². The summed E-state index contributed by atoms with van der Waals surface area (Å²) in [4.78, 5) is 31.6. The van der Waals surface area contributed by atoms with E-state index in [-0.39, 0.29) is 18.4 Å². The predicted molar refractivity (Wildman–Crippen MR) is 76.5 cm³/mol. The second-order valence-corrected chi connectivity index (χ2v) is 4.05. The Labute approximate surface area is 114 Å². The maximum atomic E-state index is 11.0. The summed E-state index contributed by atoms with van der Waals surface area (Å²) in [6.07, 6.45) is 2.26. The first-order valence-electron chi connectivity index (χ1n) is 6.15. The molecule has 0 unspecified atom stereocenters. The number of nitrogens with one attached hydrogen (secondary N) is 2. The molecule has 0 aliphatic heterocycles. The average molecular weight is 269 g/mol. The zero-order chi connectivity index (χ0) is 14.7. The number of carbonyl (C=O) groups excluding carboxylic acids is 2. The van der Waals surface area contributed by atoms with Gasteiger partial charge in [0.1, 0.15) is 6.54 Å². The molecule has 7 nitrogen and oxygen atoms in total. The Hall–Kier alpha value is -1.92. The molecule has 0 aromatic rings. The van der Waals surface area contributed by atoms with Gasteiger partial charge in [0.05, 0.1) is 12.2 Å². The van der Waals surface area contributed by atoms with Crippen LogP contribution in [0.4, 0.5) is 0 Å². The lowest BCUT2D eigenvalue weighted by atomic mass is 10.4. The van der Waals surface area contributed by atoms with Crippen LogP contribution in [0.15, 0.2) is 9.98 Å². The summed E-state index contributed by atoms with van der Waals surface area (Å²) in [6, 6.07) is 0. The molecule has 19 heavy (non-hydrogen) atoms. The molecule has 2 amide bonds. The average Bonchev–Trinajstić information content (AvgIpc) is 2.38. The topological polar surface area (TPSA) is 86.2 Å². The molecule has 108 valence electrons. The van der Waals surface area contributed by atoms with Gasteiger partial charge in [-0.05, 0) is 13.3 Å². The maximum absolute atomic E-state index is 11.0. The molecule has 7 heteroatoms. The fourth-order valence-electron chi connectivity index (χ4n) is 1.10. The Kier molecular flexibility index (Phi) is 9.03. The van der Waals surface area contributed by atoms with E-state index in [0.29, 0.717) is 13.1 Å². The first kappa shape index (κ1) is 17.1. The van der Waals surface area contributed by atoms with E-state index in [9.17, 15) is 9.59 Å². The molecule has 0 radical (unpaired) electrons. The maximum Gasteiger partial charge on any atom is 0.241 e. The van der Waals surface area contributed by atoms with Gasteiger partial charge in [-0.25, -0.2) is 0 Å². The van der Waals surface area contributed by atoms with Gasteiger partial charge in [0.2, 0.25) is 11.8 Å². The van der Waals surface area contributed by atoms with E-state index >= 15 is 0 Å². The molecule has 0 aromatic carbocycles. The zero-order valence-corrected chi connectivity index (χ0v) is 12.1. The number of likely N-dealkylation sites (N-methyl/N-ethyl adjacent to an activating group) is 1. The quantitative estimate of drug-likeness (QED) is 0.376. The first-order valence-corrected chi connectivity index (χ1v) is 6.15. The lowest BCUT2D eigenvalue weighted by Crippen LogP contribution is -2.25. The number of nitrogens with zero attached hydrogens (tertiary/aromatic N) is 3. The van der Waals surface area contributed by atoms with Crippen LogP contribution in [-0.2, 0) is 9.59 Å². The van der Waals surface area contributed by atoms with Crippen molar-refractivity contribution in [1.82, 2.24) is 15.5 Å². The molecular formula is C12H23N5O2. The molecule has 0 aliphatic carbocycles. The first-order chi connectivity index (χ1) is 8.97. The molecule has 0 saturated carbocycles. The van der Waals surface area contributed by atoms with Crippen molar-refractivity contribution in [2.45, 2.75) is 20.3 Å². The molecule has 0 aromatic heterocycles. The summed E-state index contributed by atoms with van der Waals surface area (Å²) in [5.41, 5.74) is 0. The summed E-state index contributed by atoms with van der Waals surface area (Å²) in [7, 11) is 3.33. The van der Waals surface area contributed by atoms with Gasteiger partial charge in [-0.2, -0.15) is 0 Å². The van der Waals surface area contributed by atoms with E-state index in [1.54, 1.807) is 25.9 Å². The van der Waals surface area contributed by atoms with Crippen molar-refractivity contribution in [3.05, 3.63) is 0 Å². The lowest BCUT2D eigenvalue weighted by Gasteiger charge is -2.13. The van der Waals surface area contributed by atoms with Gasteiger partial charge in [-0.15, -0.1) is 0 Å². The number of amidine groups is 1. The van der Waals surface area contributed by atoms with Gasteiger partial charge in [0.15, 0.2) is 0 Å². The zero-order valence-electron chi connectivity index (χ0n) is 12.1. The summed E-state index contributed by atoms with van der Waals surface area (Å²) >= 11 is 0. The molecule has 2 N–H and O–H groups in total. The number of amides is 2. The predicted octanol–water partition coefficient (Wildman–Crippen LogP) is -0.363. The Morgan fingerprint density at radius 1 is 1.32 bits per heavy atom. The normalized spacial score (nSPS) is 11.5. The van der Waals surface area contributed by atoms with Crippen LogP contribution < -0.4 is 10.6 Å². The standard InChI is InChI=1S/C12H23N5O2/c1-10(16-9-14-8-12(19)13-3)15-6-5-7-17(4)11(2)18/h9H,5-8H2,1-4H3,(H,13,19)(H,14,15,16). The second kappa shape index (κ2) is 10.0. The number of rotatable bonds is 7. The van der Waals surface area contributed by atoms with Crippen molar-refractivity contribution in [1.29, 1.82) is 0 Å². The Morgan fingerprint density at radius 3 is 2.58 bits per heavy atom. The van der Waals surface area contributed by atoms with E-state index in [1.807, 2.05) is 6.92 Å². The van der Waals surface area contributed by atoms with Gasteiger partial charge < -0.3 is 15.5 Å². The van der Waals surface area contributed by atoms with Crippen LogP contribution in [0.1, 0.15) is 20.3 Å². The fourth-order valence-corrected chi connectivity index (χ4v) is 1.10. The number of carbonyl (C=O) groups is 2. The van der Waals surface area contributed by atoms with E-state index in [2.05, 4.69) is 20.6 Å². The monoisotopic (exact) mass is 269 g/mol. The Morgan fingerprint density at radius 2 is 2.00 bits per heavy atom. The fraction of sp³-hybridized carbons (Fsp3) is 0.667. The molecule has 0 spiro atoms. The summed E-state index contributed by atoms with van der Waals surface area (Å²) < 4.78 is 0. The molecule has 0 saturated heterocycles. The van der Waals surface area contributed by atoms with E-state index < -0.39 is 0 Å². The SMILES string of the molecule is CNC(=O)CN=CNC(C)=NCCCN(C)C(C)=O. The van der Waals surface area contributed by atoms with Crippen LogP contribution in [0.3, 0.4) is 0 Å². The highest BCUT2D eigenvalue weighted by Gasteiger charge is 1.99. The van der Waals surface area contributed by atoms with Gasteiger partial charge in [0.25, 0.3) is 0 Å². The minimum atomic E-state index is -0.139. The number of hydrogen-bond acceptors (Lipinski definition) is 4. The Balaban J connectivity index is 3.77. The third-order valence-corrected chi connectivity index (χ3v) is 2.42. The van der Waals surface area contributed by atoms with E-state index in [0.717, 1.165) is 12.3 Å². The molecule has 0 rings (SSSR count). The van der Waals surface area contributed by atoms with Crippen molar-refractivity contribution in [2.24, 2.45) is 9.98 Å². The lowest BCUT2D eigenvalue weighted by molar-refractivity contribution is -0.127. The van der Waals surface area contributed by atoms with Crippen LogP contribution >= 0.6 is 0 Å². The van der Waals surface area contributed by atoms with Crippen LogP contribution in [0.25, 0.3) is 0 Å². The third-order valence-electron chi connectivity index (χ3n) is 2.42. The molecule has 0 aliphatic rings. The highest BCUT2D eigenvalue weighted by atomic mass is 16.2. The van der Waals surface area contributed by atoms with Crippen LogP contribution in [-0.4, -0.2) is 62.6 Å². The molecule has 0 fully saturated rings. The van der Waals surface area contributed by atoms with E-state index in [4.69, 9.17) is 0 Å². The van der Waals surface area contributed by atoms with Gasteiger partial charge in [0, 0.05) is 34.1 Å². The van der Waals surface area contributed by atoms with Gasteiger partial charge in [-0.3, -0.25) is 19.6 Å². The second-order valence-electron chi connectivity index (χ2n) is 4.05. The summed E-state index contributed by atoms with van der Waals surface area (Å²) in [5, 5.41) is 5.34. The Bertz CT molecular complexity index is 352. The summed E-state index contributed by atoms with van der Waals surface area (Å²) in [6.45, 7) is 4.79. The highest BCUT2D eigenvalue weighted by Crippen LogP contribution is 1.89. The number of hydrogen-bond donors (Lipinski definition) is 2. The molecule has 0 bridgehead atoms. The molecule has 0 atom stereocenters. The molecule has 0 heterocycles. The van der Waals surface area contributed by atoms with Gasteiger partial charge in [-0.1, -0.05) is 0 Å². The van der Waals surface area contributed by atoms with E-state index in [1.165, 1.54) is 6.34 Å². The van der Waals surface area contributed by atoms with Gasteiger partial charge >= 0.3 is 0 Å². The largest absolute Gasteiger partial charge is 0.358 e. The molecular weight excluding hydrogens is 246 g/mol. The number of aliphatic imine (C=N–C) groups is 2. The van der Waals surface area contributed by atoms with Crippen LogP contribution in [0, 0.1) is 0 Å². The highest BCUT2D eigenvalue weighted by molar-refractivity contribution is 5.90. The smallest absolute Gasteiger partial charge is 0.241 e. The third kappa shape index (κ3) is 9.75. The van der Waals surface area contributed by atoms with Crippen LogP contribution in [0.5, 0.6) is 0 Å². The van der Waals surface area contributed by atoms with Crippen molar-refractivity contribution >= 4 is 24.0 Å². The van der Waals surface area contributed by atoms with Crippen molar-refractivity contribution in [3.8, 4) is 0 Å². The van der Waals surface area contributed by atoms with Crippen molar-refractivity contribution in [2.75, 3.05) is 33.7 Å². The van der Waals surface area contributed by atoms with Crippen LogP contribution in [0.2, 0.25) is 0 Å². The minimum absolute atomic E-state index is 0.0557.